The maximum absolute atomic E-state index is 12.5. The molecule has 0 radical (unpaired) electrons. The van der Waals surface area contributed by atoms with Crippen LogP contribution < -0.4 is 0 Å². The number of rotatable bonds is 4. The number of nitrogens with one attached hydrogen (secondary N) is 1. The molecule has 116 valence electrons. The van der Waals surface area contributed by atoms with Crippen molar-refractivity contribution in [3.8, 4) is 0 Å². The van der Waals surface area contributed by atoms with Crippen molar-refractivity contribution in [2.24, 2.45) is 0 Å². The number of ether oxygens (including phenoxy) is 1. The summed E-state index contributed by atoms with van der Waals surface area (Å²) in [5.41, 5.74) is 1.03. The molecule has 1 aromatic rings. The minimum Gasteiger partial charge on any atom is -0.480 e. The first-order chi connectivity index (χ1) is 9.78. The van der Waals surface area contributed by atoms with Gasteiger partial charge in [-0.3, -0.25) is 9.59 Å². The molecule has 10 heteroatoms. The molecule has 0 saturated heterocycles. The molecule has 21 heavy (non-hydrogen) atoms. The number of hydrogen-bond donors (Lipinski definition) is 2. The fourth-order valence-electron chi connectivity index (χ4n) is 2.18. The van der Waals surface area contributed by atoms with E-state index in [9.17, 15) is 23.1 Å². The number of aromatic nitrogens is 2. The maximum atomic E-state index is 12.5. The van der Waals surface area contributed by atoms with Crippen LogP contribution >= 0.6 is 0 Å². The predicted octanol–water partition coefficient (Wildman–Crippen LogP) is -0.888. The Morgan fingerprint density at radius 3 is 2.81 bits per heavy atom. The average Bonchev–Trinajstić information content (AvgIpc) is 2.91. The Morgan fingerprint density at radius 2 is 2.24 bits per heavy atom. The van der Waals surface area contributed by atoms with Gasteiger partial charge in [0.2, 0.25) is 10.0 Å². The first kappa shape index (κ1) is 15.4. The topological polar surface area (TPSA) is 130 Å². The van der Waals surface area contributed by atoms with E-state index in [0.717, 1.165) is 11.4 Å². The molecule has 2 unspecified atom stereocenters. The van der Waals surface area contributed by atoms with Gasteiger partial charge in [-0.1, -0.05) is 0 Å². The minimum atomic E-state index is -4.16. The normalized spacial score (nSPS) is 20.6. The van der Waals surface area contributed by atoms with Gasteiger partial charge in [0, 0.05) is 6.42 Å². The van der Waals surface area contributed by atoms with Crippen LogP contribution in [0.4, 0.5) is 0 Å². The summed E-state index contributed by atoms with van der Waals surface area (Å²) in [7, 11) is -3.08. The smallest absolute Gasteiger partial charge is 0.325 e. The van der Waals surface area contributed by atoms with Gasteiger partial charge in [0.1, 0.15) is 6.04 Å². The van der Waals surface area contributed by atoms with E-state index in [1.807, 2.05) is 0 Å². The molecular weight excluding hydrogens is 302 g/mol. The second-order valence-electron chi connectivity index (χ2n) is 4.64. The molecular formula is C11H15N3O6S. The van der Waals surface area contributed by atoms with Crippen molar-refractivity contribution in [1.82, 2.24) is 14.3 Å². The summed E-state index contributed by atoms with van der Waals surface area (Å²) in [4.78, 5) is 29.6. The Kier molecular flexibility index (Phi) is 4.01. The van der Waals surface area contributed by atoms with Crippen LogP contribution in [0.1, 0.15) is 18.3 Å². The molecule has 1 aromatic heterocycles. The second-order valence-corrected chi connectivity index (χ2v) is 6.85. The van der Waals surface area contributed by atoms with Gasteiger partial charge in [0.15, 0.2) is 5.25 Å². The van der Waals surface area contributed by atoms with Gasteiger partial charge in [0.05, 0.1) is 31.4 Å². The Morgan fingerprint density at radius 1 is 1.57 bits per heavy atom. The lowest BCUT2D eigenvalue weighted by Gasteiger charge is -2.32. The fraction of sp³-hybridized carbons (Fsp3) is 0.545. The van der Waals surface area contributed by atoms with Crippen LogP contribution in [0.15, 0.2) is 6.33 Å². The van der Waals surface area contributed by atoms with Crippen molar-refractivity contribution in [2.45, 2.75) is 31.2 Å². The van der Waals surface area contributed by atoms with Crippen LogP contribution in [0.3, 0.4) is 0 Å². The molecule has 0 amide bonds. The number of H-pyrrole nitrogens is 1. The van der Waals surface area contributed by atoms with E-state index < -0.39 is 33.3 Å². The van der Waals surface area contributed by atoms with E-state index in [0.29, 0.717) is 11.4 Å². The van der Waals surface area contributed by atoms with Crippen LogP contribution in [0.5, 0.6) is 0 Å². The Hall–Kier alpha value is -1.94. The molecule has 9 nitrogen and oxygen atoms in total. The van der Waals surface area contributed by atoms with Gasteiger partial charge in [-0.25, -0.2) is 13.4 Å². The summed E-state index contributed by atoms with van der Waals surface area (Å²) < 4.78 is 30.1. The van der Waals surface area contributed by atoms with Crippen molar-refractivity contribution < 1.29 is 27.9 Å². The molecule has 1 aliphatic rings. The largest absolute Gasteiger partial charge is 0.480 e. The van der Waals surface area contributed by atoms with Gasteiger partial charge in [-0.15, -0.1) is 0 Å². The number of carboxylic acids is 1. The number of esters is 1. The van der Waals surface area contributed by atoms with Gasteiger partial charge < -0.3 is 14.8 Å². The number of imidazole rings is 1. The number of methoxy groups -OCH3 is 1. The lowest BCUT2D eigenvalue weighted by atomic mass is 10.1. The SMILES string of the molecule is COC(=O)C(C)S(=O)(=O)N1Cc2[nH]cnc2CC1C(=O)O. The zero-order valence-electron chi connectivity index (χ0n) is 11.4. The van der Waals surface area contributed by atoms with E-state index in [1.165, 1.54) is 13.3 Å². The van der Waals surface area contributed by atoms with E-state index in [-0.39, 0.29) is 13.0 Å². The van der Waals surface area contributed by atoms with Gasteiger partial charge >= 0.3 is 11.9 Å². The molecule has 0 spiro atoms. The summed E-state index contributed by atoms with van der Waals surface area (Å²) in [5.74, 6) is -2.22. The standard InChI is InChI=1S/C11H15N3O6S/c1-6(11(17)20-2)21(18,19)14-4-8-7(12-5-13-8)3-9(14)10(15)16/h5-6,9H,3-4H2,1-2H3,(H,12,13)(H,15,16). The van der Waals surface area contributed by atoms with E-state index in [2.05, 4.69) is 14.7 Å². The molecule has 0 fully saturated rings. The first-order valence-corrected chi connectivity index (χ1v) is 7.61. The molecule has 2 rings (SSSR count). The van der Waals surface area contributed by atoms with Crippen LogP contribution in [-0.2, 0) is 37.3 Å². The lowest BCUT2D eigenvalue weighted by Crippen LogP contribution is -2.52. The number of carbonyl (C=O) groups excluding carboxylic acids is 1. The fourth-order valence-corrected chi connectivity index (χ4v) is 3.76. The summed E-state index contributed by atoms with van der Waals surface area (Å²) in [6, 6.07) is -1.29. The van der Waals surface area contributed by atoms with Crippen LogP contribution in [0.2, 0.25) is 0 Å². The van der Waals surface area contributed by atoms with E-state index >= 15 is 0 Å². The molecule has 0 aromatic carbocycles. The molecule has 2 heterocycles. The number of aromatic amines is 1. The summed E-state index contributed by atoms with van der Waals surface area (Å²) in [5, 5.41) is 7.77. The van der Waals surface area contributed by atoms with Crippen molar-refractivity contribution in [2.75, 3.05) is 7.11 Å². The van der Waals surface area contributed by atoms with E-state index in [1.54, 1.807) is 0 Å². The highest BCUT2D eigenvalue weighted by Crippen LogP contribution is 2.26. The maximum Gasteiger partial charge on any atom is 0.325 e. The Balaban J connectivity index is 2.40. The third-order valence-corrected chi connectivity index (χ3v) is 5.57. The lowest BCUT2D eigenvalue weighted by molar-refractivity contribution is -0.143. The summed E-state index contributed by atoms with van der Waals surface area (Å²) >= 11 is 0. The van der Waals surface area contributed by atoms with Crippen molar-refractivity contribution in [3.05, 3.63) is 17.7 Å². The summed E-state index contributed by atoms with van der Waals surface area (Å²) in [6.45, 7) is 0.999. The second kappa shape index (κ2) is 5.45. The zero-order valence-corrected chi connectivity index (χ0v) is 12.3. The van der Waals surface area contributed by atoms with Gasteiger partial charge in [-0.05, 0) is 6.92 Å². The third-order valence-electron chi connectivity index (χ3n) is 3.45. The monoisotopic (exact) mass is 317 g/mol. The number of sulfonamides is 1. The Labute approximate surface area is 121 Å². The van der Waals surface area contributed by atoms with Crippen LogP contribution in [-0.4, -0.2) is 58.1 Å². The molecule has 1 aliphatic heterocycles. The number of hydrogen-bond acceptors (Lipinski definition) is 6. The number of aliphatic carboxylic acids is 1. The van der Waals surface area contributed by atoms with Crippen molar-refractivity contribution in [1.29, 1.82) is 0 Å². The number of fused-ring (bicyclic) bond motifs is 1. The number of carboxylic acid groups (broad SMARTS) is 1. The molecule has 0 bridgehead atoms. The van der Waals surface area contributed by atoms with Crippen molar-refractivity contribution in [3.63, 3.8) is 0 Å². The minimum absolute atomic E-state index is 0.0543. The molecule has 2 atom stereocenters. The molecule has 0 aliphatic carbocycles. The predicted molar refractivity (Wildman–Crippen MR) is 69.7 cm³/mol. The Bertz CT molecular complexity index is 667. The third kappa shape index (κ3) is 2.63. The average molecular weight is 317 g/mol. The molecule has 2 N–H and O–H groups in total. The number of nitrogens with zero attached hydrogens (tertiary/aromatic N) is 2. The zero-order chi connectivity index (χ0) is 15.8. The van der Waals surface area contributed by atoms with Crippen LogP contribution in [0.25, 0.3) is 0 Å². The highest BCUT2D eigenvalue weighted by atomic mass is 32.2. The number of carbonyl (C=O) groups is 2. The quantitative estimate of drug-likeness (QED) is 0.689. The van der Waals surface area contributed by atoms with E-state index in [4.69, 9.17) is 0 Å². The van der Waals surface area contributed by atoms with Gasteiger partial charge in [-0.2, -0.15) is 4.31 Å². The van der Waals surface area contributed by atoms with Gasteiger partial charge in [0.25, 0.3) is 0 Å². The van der Waals surface area contributed by atoms with Crippen LogP contribution in [0, 0.1) is 0 Å². The highest BCUT2D eigenvalue weighted by Gasteiger charge is 2.44. The summed E-state index contributed by atoms with van der Waals surface area (Å²) in [6.07, 6.45) is 1.32. The molecule has 0 saturated carbocycles. The highest BCUT2D eigenvalue weighted by molar-refractivity contribution is 7.90. The van der Waals surface area contributed by atoms with Crippen molar-refractivity contribution >= 4 is 22.0 Å². The first-order valence-electron chi connectivity index (χ1n) is 6.11.